The zero-order valence-electron chi connectivity index (χ0n) is 21.4. The van der Waals surface area contributed by atoms with E-state index in [-0.39, 0.29) is 22.4 Å². The molecular formula is C25H31Cl2F4N5O2S. The molecular weight excluding hydrogens is 581 g/mol. The molecule has 0 unspecified atom stereocenters. The molecule has 0 saturated carbocycles. The van der Waals surface area contributed by atoms with E-state index in [2.05, 4.69) is 26.6 Å². The predicted octanol–water partition coefficient (Wildman–Crippen LogP) is 5.03. The Labute approximate surface area is 236 Å². The molecule has 0 aliphatic carbocycles. The first-order valence-corrected chi connectivity index (χ1v) is 15.0. The van der Waals surface area contributed by atoms with Crippen molar-refractivity contribution < 1.29 is 26.0 Å². The number of nitrogens with one attached hydrogen (secondary N) is 1. The lowest BCUT2D eigenvalue weighted by Gasteiger charge is -2.47. The van der Waals surface area contributed by atoms with E-state index >= 15 is 0 Å². The Morgan fingerprint density at radius 2 is 1.82 bits per heavy atom. The molecule has 0 radical (unpaired) electrons. The molecule has 3 heterocycles. The molecule has 1 N–H and O–H groups in total. The monoisotopic (exact) mass is 611 g/mol. The largest absolute Gasteiger partial charge is 0.511 e. The highest BCUT2D eigenvalue weighted by Gasteiger charge is 2.45. The molecule has 1 atom stereocenters. The van der Waals surface area contributed by atoms with Crippen LogP contribution >= 0.6 is 23.2 Å². The van der Waals surface area contributed by atoms with Crippen LogP contribution < -0.4 is 9.62 Å². The van der Waals surface area contributed by atoms with E-state index in [0.29, 0.717) is 42.1 Å². The second-order valence-corrected chi connectivity index (χ2v) is 12.5. The van der Waals surface area contributed by atoms with Gasteiger partial charge in [0, 0.05) is 61.6 Å². The van der Waals surface area contributed by atoms with Crippen LogP contribution in [0, 0.1) is 5.82 Å². The van der Waals surface area contributed by atoms with Gasteiger partial charge in [-0.05, 0) is 56.1 Å². The fourth-order valence-corrected chi connectivity index (χ4v) is 6.25. The van der Waals surface area contributed by atoms with Crippen molar-refractivity contribution in [1.82, 2.24) is 19.5 Å². The summed E-state index contributed by atoms with van der Waals surface area (Å²) in [6.07, 6.45) is 4.22. The van der Waals surface area contributed by atoms with Crippen LogP contribution in [-0.4, -0.2) is 73.5 Å². The summed E-state index contributed by atoms with van der Waals surface area (Å²) in [5.74, 6) is 0.242. The van der Waals surface area contributed by atoms with Gasteiger partial charge in [-0.2, -0.15) is 13.2 Å². The quantitative estimate of drug-likeness (QED) is 0.422. The first-order chi connectivity index (χ1) is 18.4. The molecule has 2 aromatic rings. The lowest BCUT2D eigenvalue weighted by Crippen LogP contribution is -2.58. The SMILES string of the molecule is CC[C@H]1CN(c2ncc(CNS(=O)(=O)C(F)(F)F)cc2Cl)CCN1C1CCN(Cc2ccc(Cl)cc2F)CC1. The molecule has 4 rings (SSSR count). The van der Waals surface area contributed by atoms with Gasteiger partial charge in [-0.1, -0.05) is 36.2 Å². The minimum atomic E-state index is -5.45. The lowest BCUT2D eigenvalue weighted by molar-refractivity contribution is -0.0448. The van der Waals surface area contributed by atoms with Gasteiger partial charge in [0.2, 0.25) is 0 Å². The second kappa shape index (κ2) is 12.4. The fourth-order valence-electron chi connectivity index (χ4n) is 5.27. The maximum Gasteiger partial charge on any atom is 0.511 e. The van der Waals surface area contributed by atoms with Crippen LogP contribution in [0.5, 0.6) is 0 Å². The molecule has 14 heteroatoms. The predicted molar refractivity (Wildman–Crippen MR) is 144 cm³/mol. The van der Waals surface area contributed by atoms with Gasteiger partial charge in [0.1, 0.15) is 11.6 Å². The summed E-state index contributed by atoms with van der Waals surface area (Å²) in [6.45, 7) is 6.04. The number of halogens is 6. The summed E-state index contributed by atoms with van der Waals surface area (Å²) < 4.78 is 76.0. The van der Waals surface area contributed by atoms with E-state index in [9.17, 15) is 26.0 Å². The number of benzene rings is 1. The number of rotatable bonds is 8. The second-order valence-electron chi connectivity index (χ2n) is 9.91. The Morgan fingerprint density at radius 3 is 2.44 bits per heavy atom. The molecule has 0 spiro atoms. The van der Waals surface area contributed by atoms with Gasteiger partial charge in [0.15, 0.2) is 0 Å². The summed E-state index contributed by atoms with van der Waals surface area (Å²) in [5.41, 5.74) is -4.51. The standard InChI is InChI=1S/C25H31Cl2F4N5O2S/c1-2-20-16-35(24-22(27)11-17(13-32-24)14-33-39(37,38)25(29,30)31)9-10-36(20)21-5-7-34(8-6-21)15-18-3-4-19(26)12-23(18)28/h3-4,11-13,20-21,33H,2,5-10,14-16H2,1H3/t20-/m0/s1. The Morgan fingerprint density at radius 1 is 1.10 bits per heavy atom. The van der Waals surface area contributed by atoms with Crippen molar-refractivity contribution >= 4 is 39.0 Å². The number of piperazine rings is 1. The molecule has 2 aliphatic rings. The summed E-state index contributed by atoms with van der Waals surface area (Å²) in [5, 5.41) is 0.644. The number of sulfonamides is 1. The van der Waals surface area contributed by atoms with Gasteiger partial charge in [-0.15, -0.1) is 0 Å². The van der Waals surface area contributed by atoms with Crippen LogP contribution in [0.2, 0.25) is 10.0 Å². The van der Waals surface area contributed by atoms with Gasteiger partial charge < -0.3 is 4.90 Å². The number of nitrogens with zero attached hydrogens (tertiary/aromatic N) is 4. The minimum absolute atomic E-state index is 0.229. The highest BCUT2D eigenvalue weighted by molar-refractivity contribution is 7.90. The van der Waals surface area contributed by atoms with Crippen molar-refractivity contribution in [3.8, 4) is 0 Å². The number of pyridine rings is 1. The normalized spacial score (nSPS) is 20.5. The third kappa shape index (κ3) is 7.34. The molecule has 2 aliphatic heterocycles. The summed E-state index contributed by atoms with van der Waals surface area (Å²) in [4.78, 5) is 11.2. The molecule has 2 fully saturated rings. The summed E-state index contributed by atoms with van der Waals surface area (Å²) >= 11 is 12.3. The molecule has 7 nitrogen and oxygen atoms in total. The van der Waals surface area contributed by atoms with E-state index in [0.717, 1.165) is 38.9 Å². The first-order valence-electron chi connectivity index (χ1n) is 12.7. The van der Waals surface area contributed by atoms with Crippen molar-refractivity contribution in [3.63, 3.8) is 0 Å². The smallest absolute Gasteiger partial charge is 0.353 e. The molecule has 1 aromatic carbocycles. The zero-order valence-corrected chi connectivity index (χ0v) is 23.7. The van der Waals surface area contributed by atoms with E-state index in [4.69, 9.17) is 23.2 Å². The molecule has 1 aromatic heterocycles. The maximum absolute atomic E-state index is 14.2. The fraction of sp³-hybridized carbons (Fsp3) is 0.560. The highest BCUT2D eigenvalue weighted by Crippen LogP contribution is 2.30. The van der Waals surface area contributed by atoms with Crippen molar-refractivity contribution in [2.75, 3.05) is 37.6 Å². The third-order valence-corrected chi connectivity index (χ3v) is 9.03. The minimum Gasteiger partial charge on any atom is -0.353 e. The number of anilines is 1. The Hall–Kier alpha value is -1.70. The molecule has 0 bridgehead atoms. The van der Waals surface area contributed by atoms with Crippen molar-refractivity contribution in [2.24, 2.45) is 0 Å². The van der Waals surface area contributed by atoms with E-state index < -0.39 is 22.1 Å². The molecule has 2 saturated heterocycles. The van der Waals surface area contributed by atoms with Crippen LogP contribution in [-0.2, 0) is 23.1 Å². The van der Waals surface area contributed by atoms with Gasteiger partial charge in [0.05, 0.1) is 5.02 Å². The van der Waals surface area contributed by atoms with Crippen LogP contribution in [0.3, 0.4) is 0 Å². The van der Waals surface area contributed by atoms with Crippen LogP contribution in [0.4, 0.5) is 23.4 Å². The van der Waals surface area contributed by atoms with Gasteiger partial charge in [0.25, 0.3) is 0 Å². The number of likely N-dealkylation sites (tertiary alicyclic amines) is 1. The number of hydrogen-bond acceptors (Lipinski definition) is 6. The maximum atomic E-state index is 14.2. The Balaban J connectivity index is 1.32. The third-order valence-electron chi connectivity index (χ3n) is 7.38. The average molecular weight is 613 g/mol. The van der Waals surface area contributed by atoms with Crippen molar-refractivity contribution in [2.45, 2.75) is 56.9 Å². The molecule has 39 heavy (non-hydrogen) atoms. The van der Waals surface area contributed by atoms with Gasteiger partial charge >= 0.3 is 15.5 Å². The van der Waals surface area contributed by atoms with E-state index in [1.54, 1.807) is 12.1 Å². The lowest BCUT2D eigenvalue weighted by atomic mass is 9.97. The van der Waals surface area contributed by atoms with E-state index in [1.807, 2.05) is 0 Å². The van der Waals surface area contributed by atoms with Crippen LogP contribution in [0.25, 0.3) is 0 Å². The molecule has 0 amide bonds. The molecule has 216 valence electrons. The van der Waals surface area contributed by atoms with Crippen molar-refractivity contribution in [1.29, 1.82) is 0 Å². The Kier molecular flexibility index (Phi) is 9.65. The van der Waals surface area contributed by atoms with Crippen LogP contribution in [0.1, 0.15) is 37.3 Å². The van der Waals surface area contributed by atoms with Crippen LogP contribution in [0.15, 0.2) is 30.5 Å². The van der Waals surface area contributed by atoms with Gasteiger partial charge in [-0.25, -0.2) is 22.5 Å². The topological polar surface area (TPSA) is 68.8 Å². The average Bonchev–Trinajstić information content (AvgIpc) is 2.89. The van der Waals surface area contributed by atoms with Crippen molar-refractivity contribution in [3.05, 3.63) is 57.5 Å². The van der Waals surface area contributed by atoms with E-state index in [1.165, 1.54) is 23.1 Å². The van der Waals surface area contributed by atoms with Gasteiger partial charge in [-0.3, -0.25) is 9.80 Å². The summed E-state index contributed by atoms with van der Waals surface area (Å²) in [6, 6.07) is 6.91. The number of piperidine rings is 1. The highest BCUT2D eigenvalue weighted by atomic mass is 35.5. The summed E-state index contributed by atoms with van der Waals surface area (Å²) in [7, 11) is -5.45. The first kappa shape index (κ1) is 30.3. The Bertz CT molecular complexity index is 1260. The zero-order chi connectivity index (χ0) is 28.4. The number of alkyl halides is 3. The number of hydrogen-bond donors (Lipinski definition) is 1. The number of aromatic nitrogens is 1.